The lowest BCUT2D eigenvalue weighted by Gasteiger charge is -2.20. The Balaban J connectivity index is 1.91. The van der Waals surface area contributed by atoms with Gasteiger partial charge in [-0.05, 0) is 42.8 Å². The minimum Gasteiger partial charge on any atom is -0.324 e. The maximum Gasteiger partial charge on any atom is 0.267 e. The highest BCUT2D eigenvalue weighted by atomic mass is 32.2. The van der Waals surface area contributed by atoms with Gasteiger partial charge >= 0.3 is 0 Å². The maximum absolute atomic E-state index is 13.1. The number of anilines is 1. The van der Waals surface area contributed by atoms with E-state index in [1.165, 1.54) is 28.6 Å². The van der Waals surface area contributed by atoms with Crippen molar-refractivity contribution >= 4 is 21.6 Å². The molecule has 0 aliphatic carbocycles. The van der Waals surface area contributed by atoms with Gasteiger partial charge in [-0.15, -0.1) is 0 Å². The molecule has 1 heterocycles. The number of carbonyl (C=O) groups excluding carboxylic acids is 1. The van der Waals surface area contributed by atoms with Gasteiger partial charge < -0.3 is 5.32 Å². The summed E-state index contributed by atoms with van der Waals surface area (Å²) in [5.74, 6) is -0.490. The van der Waals surface area contributed by atoms with E-state index in [0.717, 1.165) is 4.68 Å². The molecule has 176 valence electrons. The molecular formula is C24H25N5O4S. The summed E-state index contributed by atoms with van der Waals surface area (Å²) >= 11 is 0. The molecule has 34 heavy (non-hydrogen) atoms. The van der Waals surface area contributed by atoms with E-state index in [9.17, 15) is 18.0 Å². The van der Waals surface area contributed by atoms with Crippen molar-refractivity contribution in [2.45, 2.75) is 32.2 Å². The van der Waals surface area contributed by atoms with Crippen LogP contribution in [0.3, 0.4) is 0 Å². The number of hydrogen-bond acceptors (Lipinski definition) is 6. The summed E-state index contributed by atoms with van der Waals surface area (Å²) in [4.78, 5) is 25.0. The Morgan fingerprint density at radius 2 is 1.85 bits per heavy atom. The minimum absolute atomic E-state index is 0.170. The number of nitriles is 1. The van der Waals surface area contributed by atoms with E-state index >= 15 is 0 Å². The van der Waals surface area contributed by atoms with Crippen LogP contribution in [0.15, 0.2) is 64.3 Å². The number of hydrogen-bond donors (Lipinski definition) is 1. The smallest absolute Gasteiger partial charge is 0.267 e. The van der Waals surface area contributed by atoms with Crippen LogP contribution in [0.1, 0.15) is 25.0 Å². The molecule has 0 aliphatic heterocycles. The first-order valence-corrected chi connectivity index (χ1v) is 12.1. The molecule has 0 spiro atoms. The maximum atomic E-state index is 13.1. The summed E-state index contributed by atoms with van der Waals surface area (Å²) in [6, 6.07) is 16.1. The molecule has 0 unspecified atom stereocenters. The number of rotatable bonds is 8. The molecule has 0 radical (unpaired) electrons. The lowest BCUT2D eigenvalue weighted by Crippen LogP contribution is -2.31. The normalized spacial score (nSPS) is 11.3. The van der Waals surface area contributed by atoms with Crippen molar-refractivity contribution in [2.75, 3.05) is 18.4 Å². The van der Waals surface area contributed by atoms with Crippen molar-refractivity contribution in [3.05, 3.63) is 76.1 Å². The molecule has 0 aliphatic rings. The Bertz CT molecular complexity index is 1420. The molecule has 1 N–H and O–H groups in total. The first-order valence-electron chi connectivity index (χ1n) is 10.7. The van der Waals surface area contributed by atoms with Crippen molar-refractivity contribution in [3.63, 3.8) is 0 Å². The van der Waals surface area contributed by atoms with Gasteiger partial charge in [-0.1, -0.05) is 32.0 Å². The van der Waals surface area contributed by atoms with Crippen molar-refractivity contribution in [1.29, 1.82) is 5.26 Å². The Labute approximate surface area is 198 Å². The molecule has 0 fully saturated rings. The fraction of sp³-hybridized carbons (Fsp3) is 0.250. The second-order valence-corrected chi connectivity index (χ2v) is 9.43. The summed E-state index contributed by atoms with van der Waals surface area (Å²) < 4.78 is 28.5. The number of carbonyl (C=O) groups is 1. The molecule has 10 heteroatoms. The van der Waals surface area contributed by atoms with Gasteiger partial charge in [0.1, 0.15) is 6.54 Å². The first kappa shape index (κ1) is 24.8. The summed E-state index contributed by atoms with van der Waals surface area (Å²) in [6.07, 6.45) is 0. The topological polar surface area (TPSA) is 125 Å². The molecule has 3 rings (SSSR count). The van der Waals surface area contributed by atoms with Gasteiger partial charge in [-0.3, -0.25) is 9.59 Å². The van der Waals surface area contributed by atoms with Gasteiger partial charge in [-0.2, -0.15) is 14.7 Å². The number of aromatic nitrogens is 2. The van der Waals surface area contributed by atoms with E-state index in [-0.39, 0.29) is 11.4 Å². The molecule has 0 atom stereocenters. The fourth-order valence-electron chi connectivity index (χ4n) is 3.46. The van der Waals surface area contributed by atoms with Gasteiger partial charge in [0.25, 0.3) is 5.56 Å². The van der Waals surface area contributed by atoms with E-state index < -0.39 is 21.5 Å². The third-order valence-corrected chi connectivity index (χ3v) is 7.43. The largest absolute Gasteiger partial charge is 0.324 e. The predicted octanol–water partition coefficient (Wildman–Crippen LogP) is 2.76. The van der Waals surface area contributed by atoms with E-state index in [0.29, 0.717) is 41.2 Å². The number of amides is 1. The highest BCUT2D eigenvalue weighted by molar-refractivity contribution is 7.89. The summed E-state index contributed by atoms with van der Waals surface area (Å²) in [5.41, 5.74) is 1.81. The third kappa shape index (κ3) is 5.39. The molecule has 0 saturated heterocycles. The highest BCUT2D eigenvalue weighted by Gasteiger charge is 2.24. The van der Waals surface area contributed by atoms with E-state index in [1.807, 2.05) is 6.07 Å². The minimum atomic E-state index is -3.69. The lowest BCUT2D eigenvalue weighted by molar-refractivity contribution is -0.117. The molecular weight excluding hydrogens is 454 g/mol. The zero-order valence-electron chi connectivity index (χ0n) is 19.1. The number of aryl methyl sites for hydroxylation is 1. The van der Waals surface area contributed by atoms with Gasteiger partial charge in [0.2, 0.25) is 15.9 Å². The monoisotopic (exact) mass is 479 g/mol. The highest BCUT2D eigenvalue weighted by Crippen LogP contribution is 2.26. The van der Waals surface area contributed by atoms with Crippen LogP contribution in [-0.2, 0) is 21.4 Å². The number of nitrogens with one attached hydrogen (secondary N) is 1. The van der Waals surface area contributed by atoms with E-state index in [1.54, 1.807) is 51.1 Å². The molecule has 0 bridgehead atoms. The van der Waals surface area contributed by atoms with Crippen LogP contribution in [-0.4, -0.2) is 41.5 Å². The van der Waals surface area contributed by atoms with E-state index in [4.69, 9.17) is 5.26 Å². The molecule has 3 aromatic rings. The third-order valence-electron chi connectivity index (χ3n) is 5.24. The Morgan fingerprint density at radius 1 is 1.12 bits per heavy atom. The summed E-state index contributed by atoms with van der Waals surface area (Å²) in [5, 5.41) is 15.9. The molecule has 1 aromatic heterocycles. The van der Waals surface area contributed by atoms with Crippen molar-refractivity contribution < 1.29 is 13.2 Å². The zero-order chi connectivity index (χ0) is 24.9. The van der Waals surface area contributed by atoms with Crippen LogP contribution < -0.4 is 10.9 Å². The van der Waals surface area contributed by atoms with Crippen LogP contribution >= 0.6 is 0 Å². The van der Waals surface area contributed by atoms with Crippen LogP contribution in [0, 0.1) is 18.3 Å². The standard InChI is InChI=1S/C24H25N5O4S/c1-4-28(5-2)34(32,33)22-14-19(10-9-17(22)3)21-11-12-24(31)29(27-21)16-23(30)26-20-8-6-7-18(13-20)15-25/h6-14H,4-5,16H2,1-3H3,(H,26,30). The Kier molecular flexibility index (Phi) is 7.61. The van der Waals surface area contributed by atoms with E-state index in [2.05, 4.69) is 10.4 Å². The molecule has 9 nitrogen and oxygen atoms in total. The van der Waals surface area contributed by atoms with Gasteiger partial charge in [0.15, 0.2) is 0 Å². The van der Waals surface area contributed by atoms with Crippen LogP contribution in [0.25, 0.3) is 11.3 Å². The van der Waals surface area contributed by atoms with Gasteiger partial charge in [-0.25, -0.2) is 13.1 Å². The number of nitrogens with zero attached hydrogens (tertiary/aromatic N) is 4. The number of sulfonamides is 1. The molecule has 2 aromatic carbocycles. The first-order chi connectivity index (χ1) is 16.2. The van der Waals surface area contributed by atoms with Crippen LogP contribution in [0.5, 0.6) is 0 Å². The van der Waals surface area contributed by atoms with Crippen molar-refractivity contribution in [1.82, 2.24) is 14.1 Å². The Hall–Kier alpha value is -3.81. The Morgan fingerprint density at radius 3 is 2.53 bits per heavy atom. The molecule has 0 saturated carbocycles. The lowest BCUT2D eigenvalue weighted by atomic mass is 10.1. The predicted molar refractivity (Wildman–Crippen MR) is 129 cm³/mol. The average Bonchev–Trinajstić information content (AvgIpc) is 2.81. The van der Waals surface area contributed by atoms with Crippen molar-refractivity contribution in [3.8, 4) is 17.3 Å². The quantitative estimate of drug-likeness (QED) is 0.530. The summed E-state index contributed by atoms with van der Waals surface area (Å²) in [6.45, 7) is 5.62. The second kappa shape index (κ2) is 10.4. The van der Waals surface area contributed by atoms with Gasteiger partial charge in [0, 0.05) is 30.4 Å². The zero-order valence-corrected chi connectivity index (χ0v) is 20.0. The number of benzene rings is 2. The van der Waals surface area contributed by atoms with Crippen molar-refractivity contribution in [2.24, 2.45) is 0 Å². The molecule has 1 amide bonds. The average molecular weight is 480 g/mol. The fourth-order valence-corrected chi connectivity index (χ4v) is 5.17. The second-order valence-electron chi connectivity index (χ2n) is 7.52. The van der Waals surface area contributed by atoms with Crippen LogP contribution in [0.2, 0.25) is 0 Å². The SMILES string of the molecule is CCN(CC)S(=O)(=O)c1cc(-c2ccc(=O)n(CC(=O)Nc3cccc(C#N)c3)n2)ccc1C. The van der Waals surface area contributed by atoms with Crippen LogP contribution in [0.4, 0.5) is 5.69 Å². The summed E-state index contributed by atoms with van der Waals surface area (Å²) in [7, 11) is -3.69. The van der Waals surface area contributed by atoms with Gasteiger partial charge in [0.05, 0.1) is 22.2 Å².